The third-order valence-electron chi connectivity index (χ3n) is 5.25. The molecule has 1 aromatic carbocycles. The number of hydrogen-bond acceptors (Lipinski definition) is 2. The van der Waals surface area contributed by atoms with Crippen molar-refractivity contribution < 1.29 is 0 Å². The van der Waals surface area contributed by atoms with Gasteiger partial charge >= 0.3 is 0 Å². The Morgan fingerprint density at radius 1 is 1.10 bits per heavy atom. The monoisotopic (exact) mass is 272 g/mol. The van der Waals surface area contributed by atoms with Crippen LogP contribution in [0.15, 0.2) is 24.3 Å². The van der Waals surface area contributed by atoms with E-state index in [4.69, 9.17) is 0 Å². The van der Waals surface area contributed by atoms with Crippen LogP contribution >= 0.6 is 0 Å². The fourth-order valence-electron chi connectivity index (χ4n) is 3.85. The zero-order valence-electron chi connectivity index (χ0n) is 13.2. The molecule has 1 aromatic rings. The molecule has 2 aliphatic rings. The van der Waals surface area contributed by atoms with Crippen molar-refractivity contribution in [1.29, 1.82) is 0 Å². The van der Waals surface area contributed by atoms with Crippen LogP contribution in [0.25, 0.3) is 0 Å². The Bertz CT molecular complexity index is 437. The summed E-state index contributed by atoms with van der Waals surface area (Å²) in [7, 11) is 0. The lowest BCUT2D eigenvalue weighted by Gasteiger charge is -2.43. The molecule has 0 aromatic heterocycles. The maximum atomic E-state index is 2.70. The Labute approximate surface area is 123 Å². The van der Waals surface area contributed by atoms with Crippen molar-refractivity contribution in [3.8, 4) is 0 Å². The molecule has 3 rings (SSSR count). The van der Waals surface area contributed by atoms with Gasteiger partial charge in [0, 0.05) is 31.7 Å². The van der Waals surface area contributed by atoms with Crippen molar-refractivity contribution in [2.45, 2.75) is 58.2 Å². The molecule has 0 radical (unpaired) electrons. The van der Waals surface area contributed by atoms with Gasteiger partial charge in [-0.25, -0.2) is 0 Å². The van der Waals surface area contributed by atoms with Crippen molar-refractivity contribution in [3.05, 3.63) is 35.4 Å². The van der Waals surface area contributed by atoms with E-state index in [1.54, 1.807) is 0 Å². The molecule has 20 heavy (non-hydrogen) atoms. The van der Waals surface area contributed by atoms with Gasteiger partial charge in [-0.15, -0.1) is 0 Å². The van der Waals surface area contributed by atoms with Crippen LogP contribution in [0.3, 0.4) is 0 Å². The Hall–Kier alpha value is -0.860. The highest BCUT2D eigenvalue weighted by Crippen LogP contribution is 2.27. The van der Waals surface area contributed by atoms with Gasteiger partial charge in [-0.1, -0.05) is 38.1 Å². The second-order valence-electron chi connectivity index (χ2n) is 6.85. The summed E-state index contributed by atoms with van der Waals surface area (Å²) in [5.41, 5.74) is 2.91. The molecule has 2 heterocycles. The van der Waals surface area contributed by atoms with Gasteiger partial charge in [0.25, 0.3) is 0 Å². The van der Waals surface area contributed by atoms with E-state index >= 15 is 0 Å². The summed E-state index contributed by atoms with van der Waals surface area (Å²) in [6.45, 7) is 11.9. The van der Waals surface area contributed by atoms with Crippen molar-refractivity contribution in [2.24, 2.45) is 0 Å². The van der Waals surface area contributed by atoms with E-state index in [9.17, 15) is 0 Å². The molecule has 0 unspecified atom stereocenters. The molecule has 2 atom stereocenters. The standard InChI is InChI=1S/C18H28N2/c1-14(2)17-8-6-16(7-9-17)13-20-12-11-19-10-4-5-18(19)15(20)3/h6-9,14-15,18H,4-5,10-13H2,1-3H3/t15-,18-/m0/s1. The van der Waals surface area contributed by atoms with E-state index in [0.717, 1.165) is 12.6 Å². The van der Waals surface area contributed by atoms with Crippen molar-refractivity contribution in [2.75, 3.05) is 19.6 Å². The molecule has 2 heteroatoms. The molecule has 0 amide bonds. The van der Waals surface area contributed by atoms with Crippen LogP contribution in [0.2, 0.25) is 0 Å². The Morgan fingerprint density at radius 3 is 2.55 bits per heavy atom. The molecule has 2 nitrogen and oxygen atoms in total. The molecule has 0 N–H and O–H groups in total. The largest absolute Gasteiger partial charge is 0.298 e. The third kappa shape index (κ3) is 2.77. The number of fused-ring (bicyclic) bond motifs is 1. The first kappa shape index (κ1) is 14.1. The summed E-state index contributed by atoms with van der Waals surface area (Å²) >= 11 is 0. The van der Waals surface area contributed by atoms with Crippen LogP contribution in [0.4, 0.5) is 0 Å². The van der Waals surface area contributed by atoms with Gasteiger partial charge < -0.3 is 0 Å². The topological polar surface area (TPSA) is 6.48 Å². The zero-order chi connectivity index (χ0) is 14.1. The predicted molar refractivity (Wildman–Crippen MR) is 85.0 cm³/mol. The first-order chi connectivity index (χ1) is 9.65. The molecular weight excluding hydrogens is 244 g/mol. The maximum absolute atomic E-state index is 2.70. The normalized spacial score (nSPS) is 28.0. The summed E-state index contributed by atoms with van der Waals surface area (Å²) in [5.74, 6) is 0.630. The Balaban J connectivity index is 1.65. The fourth-order valence-corrected chi connectivity index (χ4v) is 3.85. The van der Waals surface area contributed by atoms with Crippen LogP contribution in [-0.4, -0.2) is 41.5 Å². The van der Waals surface area contributed by atoms with Crippen molar-refractivity contribution in [3.63, 3.8) is 0 Å². The highest BCUT2D eigenvalue weighted by molar-refractivity contribution is 5.24. The lowest BCUT2D eigenvalue weighted by Crippen LogP contribution is -2.55. The minimum absolute atomic E-state index is 0.630. The molecule has 110 valence electrons. The lowest BCUT2D eigenvalue weighted by molar-refractivity contribution is 0.0470. The van der Waals surface area contributed by atoms with E-state index in [-0.39, 0.29) is 0 Å². The molecular formula is C18H28N2. The molecule has 2 aliphatic heterocycles. The maximum Gasteiger partial charge on any atom is 0.0250 e. The van der Waals surface area contributed by atoms with Gasteiger partial charge in [-0.3, -0.25) is 9.80 Å². The van der Waals surface area contributed by atoms with E-state index in [1.165, 1.54) is 43.6 Å². The van der Waals surface area contributed by atoms with E-state index < -0.39 is 0 Å². The molecule has 0 bridgehead atoms. The van der Waals surface area contributed by atoms with Crippen LogP contribution in [-0.2, 0) is 6.54 Å². The van der Waals surface area contributed by atoms with Crippen LogP contribution in [0.1, 0.15) is 50.7 Å². The van der Waals surface area contributed by atoms with Gasteiger partial charge in [0.05, 0.1) is 0 Å². The minimum atomic E-state index is 0.630. The summed E-state index contributed by atoms with van der Waals surface area (Å²) < 4.78 is 0. The van der Waals surface area contributed by atoms with Crippen LogP contribution < -0.4 is 0 Å². The smallest absolute Gasteiger partial charge is 0.0250 e. The number of hydrogen-bond donors (Lipinski definition) is 0. The second-order valence-corrected chi connectivity index (χ2v) is 6.85. The van der Waals surface area contributed by atoms with Gasteiger partial charge in [0.15, 0.2) is 0 Å². The highest BCUT2D eigenvalue weighted by Gasteiger charge is 2.36. The molecule has 2 fully saturated rings. The first-order valence-corrected chi connectivity index (χ1v) is 8.22. The summed E-state index contributed by atoms with van der Waals surface area (Å²) in [5, 5.41) is 0. The van der Waals surface area contributed by atoms with Gasteiger partial charge in [-0.05, 0) is 43.4 Å². The molecule has 0 spiro atoms. The SMILES string of the molecule is CC(C)c1ccc(CN2CCN3CCC[C@H]3[C@@H]2C)cc1. The Morgan fingerprint density at radius 2 is 1.85 bits per heavy atom. The molecule has 0 aliphatic carbocycles. The van der Waals surface area contributed by atoms with Gasteiger partial charge in [0.2, 0.25) is 0 Å². The summed E-state index contributed by atoms with van der Waals surface area (Å²) in [6.07, 6.45) is 2.79. The average Bonchev–Trinajstić information content (AvgIpc) is 2.92. The lowest BCUT2D eigenvalue weighted by atomic mass is 10.00. The summed E-state index contributed by atoms with van der Waals surface area (Å²) in [6, 6.07) is 10.8. The number of nitrogens with zero attached hydrogens (tertiary/aromatic N) is 2. The van der Waals surface area contributed by atoms with Gasteiger partial charge in [0.1, 0.15) is 0 Å². The predicted octanol–water partition coefficient (Wildman–Crippen LogP) is 3.48. The minimum Gasteiger partial charge on any atom is -0.298 e. The number of piperazine rings is 1. The Kier molecular flexibility index (Phi) is 4.13. The number of rotatable bonds is 3. The summed E-state index contributed by atoms with van der Waals surface area (Å²) in [4.78, 5) is 5.37. The highest BCUT2D eigenvalue weighted by atomic mass is 15.3. The second kappa shape index (κ2) is 5.87. The molecule has 2 saturated heterocycles. The average molecular weight is 272 g/mol. The van der Waals surface area contributed by atoms with Crippen molar-refractivity contribution >= 4 is 0 Å². The van der Waals surface area contributed by atoms with Crippen LogP contribution in [0, 0.1) is 0 Å². The van der Waals surface area contributed by atoms with E-state index in [2.05, 4.69) is 54.8 Å². The third-order valence-corrected chi connectivity index (χ3v) is 5.25. The fraction of sp³-hybridized carbons (Fsp3) is 0.667. The van der Waals surface area contributed by atoms with E-state index in [0.29, 0.717) is 12.0 Å². The first-order valence-electron chi connectivity index (χ1n) is 8.22. The molecule has 0 saturated carbocycles. The quantitative estimate of drug-likeness (QED) is 0.831. The van der Waals surface area contributed by atoms with E-state index in [1.807, 2.05) is 0 Å². The van der Waals surface area contributed by atoms with Crippen LogP contribution in [0.5, 0.6) is 0 Å². The zero-order valence-corrected chi connectivity index (χ0v) is 13.2. The van der Waals surface area contributed by atoms with Gasteiger partial charge in [-0.2, -0.15) is 0 Å². The van der Waals surface area contributed by atoms with Crippen molar-refractivity contribution in [1.82, 2.24) is 9.80 Å². The number of benzene rings is 1.